The van der Waals surface area contributed by atoms with Gasteiger partial charge in [-0.2, -0.15) is 11.8 Å². The SMILES string of the molecule is Cc1cc(OCCSCC(N)C(=O)O)ccc1C(C)C. The third-order valence-electron chi connectivity index (χ3n) is 2.97. The van der Waals surface area contributed by atoms with Crippen molar-refractivity contribution >= 4 is 17.7 Å². The molecular formula is C15H23NO3S. The van der Waals surface area contributed by atoms with E-state index in [9.17, 15) is 4.79 Å². The van der Waals surface area contributed by atoms with Crippen molar-refractivity contribution in [2.45, 2.75) is 32.7 Å². The Morgan fingerprint density at radius 3 is 2.70 bits per heavy atom. The molecule has 0 spiro atoms. The standard InChI is InChI=1S/C15H23NO3S/c1-10(2)13-5-4-12(8-11(13)3)19-6-7-20-9-14(16)15(17)18/h4-5,8,10,14H,6-7,9,16H2,1-3H3,(H,17,18). The van der Waals surface area contributed by atoms with E-state index in [0.717, 1.165) is 11.5 Å². The van der Waals surface area contributed by atoms with Crippen molar-refractivity contribution in [1.29, 1.82) is 0 Å². The predicted molar refractivity (Wildman–Crippen MR) is 83.7 cm³/mol. The highest BCUT2D eigenvalue weighted by Gasteiger charge is 2.10. The summed E-state index contributed by atoms with van der Waals surface area (Å²) in [5, 5.41) is 8.65. The lowest BCUT2D eigenvalue weighted by Gasteiger charge is -2.12. The van der Waals surface area contributed by atoms with Gasteiger partial charge in [0.1, 0.15) is 11.8 Å². The molecule has 0 heterocycles. The van der Waals surface area contributed by atoms with E-state index in [2.05, 4.69) is 26.8 Å². The van der Waals surface area contributed by atoms with Crippen LogP contribution in [0.15, 0.2) is 18.2 Å². The first-order chi connectivity index (χ1) is 9.41. The summed E-state index contributed by atoms with van der Waals surface area (Å²) in [4.78, 5) is 10.5. The van der Waals surface area contributed by atoms with E-state index in [0.29, 0.717) is 18.3 Å². The van der Waals surface area contributed by atoms with Crippen LogP contribution in [0.5, 0.6) is 5.75 Å². The van der Waals surface area contributed by atoms with Crippen LogP contribution in [-0.4, -0.2) is 35.2 Å². The van der Waals surface area contributed by atoms with Crippen LogP contribution in [-0.2, 0) is 4.79 Å². The van der Waals surface area contributed by atoms with Gasteiger partial charge in [-0.3, -0.25) is 4.79 Å². The van der Waals surface area contributed by atoms with Gasteiger partial charge in [0.25, 0.3) is 0 Å². The molecule has 0 aliphatic carbocycles. The van der Waals surface area contributed by atoms with E-state index in [1.54, 1.807) is 0 Å². The van der Waals surface area contributed by atoms with Crippen LogP contribution in [0, 0.1) is 6.92 Å². The number of aliphatic carboxylic acids is 1. The van der Waals surface area contributed by atoms with Gasteiger partial charge in [-0.05, 0) is 36.1 Å². The van der Waals surface area contributed by atoms with E-state index in [1.807, 2.05) is 12.1 Å². The number of aryl methyl sites for hydroxylation is 1. The normalized spacial score (nSPS) is 12.4. The second-order valence-corrected chi connectivity index (χ2v) is 6.19. The topological polar surface area (TPSA) is 72.5 Å². The van der Waals surface area contributed by atoms with Crippen molar-refractivity contribution in [3.05, 3.63) is 29.3 Å². The number of carboxylic acids is 1. The Morgan fingerprint density at radius 2 is 2.15 bits per heavy atom. The number of nitrogens with two attached hydrogens (primary N) is 1. The van der Waals surface area contributed by atoms with Crippen LogP contribution in [0.2, 0.25) is 0 Å². The summed E-state index contributed by atoms with van der Waals surface area (Å²) < 4.78 is 5.65. The van der Waals surface area contributed by atoms with Crippen molar-refractivity contribution < 1.29 is 14.6 Å². The minimum absolute atomic E-state index is 0.407. The molecular weight excluding hydrogens is 274 g/mol. The molecule has 1 aromatic carbocycles. The number of ether oxygens (including phenoxy) is 1. The molecule has 1 rings (SSSR count). The van der Waals surface area contributed by atoms with Gasteiger partial charge in [-0.15, -0.1) is 0 Å². The van der Waals surface area contributed by atoms with Crippen LogP contribution < -0.4 is 10.5 Å². The van der Waals surface area contributed by atoms with Crippen molar-refractivity contribution in [2.24, 2.45) is 5.73 Å². The molecule has 1 atom stereocenters. The molecule has 0 radical (unpaired) electrons. The van der Waals surface area contributed by atoms with Crippen LogP contribution in [0.1, 0.15) is 30.9 Å². The maximum absolute atomic E-state index is 10.5. The van der Waals surface area contributed by atoms with E-state index >= 15 is 0 Å². The summed E-state index contributed by atoms with van der Waals surface area (Å²) in [7, 11) is 0. The second-order valence-electron chi connectivity index (χ2n) is 5.04. The lowest BCUT2D eigenvalue weighted by molar-refractivity contribution is -0.137. The zero-order chi connectivity index (χ0) is 15.1. The Labute approximate surface area is 124 Å². The van der Waals surface area contributed by atoms with Gasteiger partial charge in [0.15, 0.2) is 0 Å². The number of rotatable bonds is 8. The molecule has 0 aromatic heterocycles. The summed E-state index contributed by atoms with van der Waals surface area (Å²) in [6.45, 7) is 6.98. The number of thioether (sulfide) groups is 1. The molecule has 0 amide bonds. The maximum atomic E-state index is 10.5. The highest BCUT2D eigenvalue weighted by molar-refractivity contribution is 7.99. The Morgan fingerprint density at radius 1 is 1.45 bits per heavy atom. The minimum atomic E-state index is -0.960. The summed E-state index contributed by atoms with van der Waals surface area (Å²) in [6.07, 6.45) is 0. The number of hydrogen-bond acceptors (Lipinski definition) is 4. The number of carbonyl (C=O) groups is 1. The van der Waals surface area contributed by atoms with Gasteiger partial charge in [0.2, 0.25) is 0 Å². The summed E-state index contributed by atoms with van der Waals surface area (Å²) in [5.41, 5.74) is 7.98. The minimum Gasteiger partial charge on any atom is -0.493 e. The van der Waals surface area contributed by atoms with Crippen molar-refractivity contribution in [2.75, 3.05) is 18.1 Å². The fourth-order valence-corrected chi connectivity index (χ4v) is 2.65. The van der Waals surface area contributed by atoms with Crippen molar-refractivity contribution in [1.82, 2.24) is 0 Å². The first kappa shape index (κ1) is 16.9. The van der Waals surface area contributed by atoms with E-state index in [-0.39, 0.29) is 0 Å². The highest BCUT2D eigenvalue weighted by Crippen LogP contribution is 2.23. The van der Waals surface area contributed by atoms with E-state index < -0.39 is 12.0 Å². The van der Waals surface area contributed by atoms with Crippen molar-refractivity contribution in [3.8, 4) is 5.75 Å². The molecule has 0 saturated carbocycles. The molecule has 1 unspecified atom stereocenters. The van der Waals surface area contributed by atoms with Gasteiger partial charge in [0.05, 0.1) is 6.61 Å². The molecule has 4 nitrogen and oxygen atoms in total. The summed E-state index contributed by atoms with van der Waals surface area (Å²) in [6, 6.07) is 5.33. The van der Waals surface area contributed by atoms with Crippen molar-refractivity contribution in [3.63, 3.8) is 0 Å². The smallest absolute Gasteiger partial charge is 0.321 e. The Kier molecular flexibility index (Phi) is 6.88. The molecule has 20 heavy (non-hydrogen) atoms. The monoisotopic (exact) mass is 297 g/mol. The molecule has 5 heteroatoms. The third-order valence-corrected chi connectivity index (χ3v) is 4.02. The average molecular weight is 297 g/mol. The zero-order valence-electron chi connectivity index (χ0n) is 12.3. The van der Waals surface area contributed by atoms with Crippen LogP contribution in [0.25, 0.3) is 0 Å². The molecule has 0 bridgehead atoms. The lowest BCUT2D eigenvalue weighted by atomic mass is 9.98. The van der Waals surface area contributed by atoms with Crippen LogP contribution in [0.3, 0.4) is 0 Å². The third kappa shape index (κ3) is 5.43. The lowest BCUT2D eigenvalue weighted by Crippen LogP contribution is -2.32. The first-order valence-corrected chi connectivity index (χ1v) is 7.86. The molecule has 3 N–H and O–H groups in total. The van der Waals surface area contributed by atoms with Crippen LogP contribution in [0.4, 0.5) is 0 Å². The molecule has 0 aliphatic heterocycles. The zero-order valence-corrected chi connectivity index (χ0v) is 13.1. The predicted octanol–water partition coefficient (Wildman–Crippen LogP) is 2.64. The number of carboxylic acid groups (broad SMARTS) is 1. The molecule has 0 saturated heterocycles. The van der Waals surface area contributed by atoms with Crippen LogP contribution >= 0.6 is 11.8 Å². The fraction of sp³-hybridized carbons (Fsp3) is 0.533. The van der Waals surface area contributed by atoms with Gasteiger partial charge in [-0.1, -0.05) is 19.9 Å². The number of hydrogen-bond donors (Lipinski definition) is 2. The first-order valence-electron chi connectivity index (χ1n) is 6.71. The number of benzene rings is 1. The summed E-state index contributed by atoms with van der Waals surface area (Å²) in [5.74, 6) is 1.54. The summed E-state index contributed by atoms with van der Waals surface area (Å²) >= 11 is 1.49. The fourth-order valence-electron chi connectivity index (χ4n) is 1.89. The molecule has 0 fully saturated rings. The molecule has 112 valence electrons. The Balaban J connectivity index is 2.32. The van der Waals surface area contributed by atoms with Gasteiger partial charge in [0, 0.05) is 11.5 Å². The quantitative estimate of drug-likeness (QED) is 0.722. The van der Waals surface area contributed by atoms with E-state index in [4.69, 9.17) is 15.6 Å². The highest BCUT2D eigenvalue weighted by atomic mass is 32.2. The van der Waals surface area contributed by atoms with Gasteiger partial charge >= 0.3 is 5.97 Å². The molecule has 1 aromatic rings. The van der Waals surface area contributed by atoms with Gasteiger partial charge < -0.3 is 15.6 Å². The largest absolute Gasteiger partial charge is 0.493 e. The Bertz CT molecular complexity index is 449. The Hall–Kier alpha value is -1.20. The van der Waals surface area contributed by atoms with E-state index in [1.165, 1.54) is 22.9 Å². The average Bonchev–Trinajstić information content (AvgIpc) is 2.37. The maximum Gasteiger partial charge on any atom is 0.321 e. The van der Waals surface area contributed by atoms with Gasteiger partial charge in [-0.25, -0.2) is 0 Å². The molecule has 0 aliphatic rings. The second kappa shape index (κ2) is 8.17.